The standard InChI is InChI=1S/C13H14N6O3S/c1-23-9-4-2-8(3-5-9)6-15-17-10(20)7-14-11-12(21)16-13(22)19-18-11/h2-6H,7H2,1H3,(H,14,18)(H,17,20)(H2,16,19,21,22)/b15-6+. The molecule has 1 heterocycles. The second-order valence-corrected chi connectivity index (χ2v) is 5.16. The lowest BCUT2D eigenvalue weighted by Crippen LogP contribution is -2.31. The van der Waals surface area contributed by atoms with Crippen molar-refractivity contribution in [3.05, 3.63) is 50.7 Å². The van der Waals surface area contributed by atoms with Crippen LogP contribution in [0.1, 0.15) is 5.56 Å². The van der Waals surface area contributed by atoms with Crippen LogP contribution in [0.4, 0.5) is 5.82 Å². The number of hydrazone groups is 1. The first-order valence-electron chi connectivity index (χ1n) is 6.47. The molecular formula is C13H14N6O3S. The average Bonchev–Trinajstić information content (AvgIpc) is 2.54. The van der Waals surface area contributed by atoms with Crippen LogP contribution in [0, 0.1) is 0 Å². The van der Waals surface area contributed by atoms with Crippen LogP contribution in [0.15, 0.2) is 43.9 Å². The van der Waals surface area contributed by atoms with E-state index in [0.29, 0.717) is 0 Å². The van der Waals surface area contributed by atoms with Crippen LogP contribution in [0.3, 0.4) is 0 Å². The van der Waals surface area contributed by atoms with Crippen molar-refractivity contribution in [1.29, 1.82) is 0 Å². The van der Waals surface area contributed by atoms with Crippen molar-refractivity contribution in [2.45, 2.75) is 4.90 Å². The van der Waals surface area contributed by atoms with Gasteiger partial charge in [0.1, 0.15) is 0 Å². The molecule has 0 aliphatic rings. The van der Waals surface area contributed by atoms with E-state index in [1.165, 1.54) is 6.21 Å². The fraction of sp³-hybridized carbons (Fsp3) is 0.154. The molecule has 1 aromatic carbocycles. The minimum Gasteiger partial charge on any atom is -0.355 e. The monoisotopic (exact) mass is 334 g/mol. The molecule has 0 atom stereocenters. The van der Waals surface area contributed by atoms with Crippen LogP contribution in [0.2, 0.25) is 0 Å². The Morgan fingerprint density at radius 3 is 2.74 bits per heavy atom. The molecule has 0 saturated carbocycles. The minimum atomic E-state index is -0.720. The van der Waals surface area contributed by atoms with Crippen molar-refractivity contribution >= 4 is 29.7 Å². The van der Waals surface area contributed by atoms with Crippen LogP contribution in [-0.4, -0.2) is 40.1 Å². The summed E-state index contributed by atoms with van der Waals surface area (Å²) in [6.07, 6.45) is 3.49. The predicted octanol–water partition coefficient (Wildman–Crippen LogP) is -0.258. The highest BCUT2D eigenvalue weighted by Crippen LogP contribution is 2.13. The zero-order chi connectivity index (χ0) is 16.7. The van der Waals surface area contributed by atoms with E-state index in [2.05, 4.69) is 26.0 Å². The Labute approximate surface area is 134 Å². The Hall–Kier alpha value is -2.88. The Balaban J connectivity index is 1.83. The number of aromatic nitrogens is 3. The van der Waals surface area contributed by atoms with Gasteiger partial charge in [-0.1, -0.05) is 12.1 Å². The first kappa shape index (κ1) is 16.5. The molecule has 4 N–H and O–H groups in total. The number of H-pyrrole nitrogens is 2. The van der Waals surface area contributed by atoms with Gasteiger partial charge in [0.2, 0.25) is 5.82 Å². The molecule has 1 aromatic heterocycles. The SMILES string of the molecule is CSc1ccc(/C=N/NC(=O)CNc2n[nH]c(=O)[nH]c2=O)cc1. The molecular weight excluding hydrogens is 320 g/mol. The van der Waals surface area contributed by atoms with Gasteiger partial charge in [0.05, 0.1) is 12.8 Å². The third-order valence-electron chi connectivity index (χ3n) is 2.65. The first-order chi connectivity index (χ1) is 11.1. The molecule has 2 rings (SSSR count). The van der Waals surface area contributed by atoms with Gasteiger partial charge in [0.25, 0.3) is 11.5 Å². The van der Waals surface area contributed by atoms with Gasteiger partial charge >= 0.3 is 5.69 Å². The number of thioether (sulfide) groups is 1. The van der Waals surface area contributed by atoms with Crippen LogP contribution >= 0.6 is 11.8 Å². The molecule has 0 aliphatic carbocycles. The van der Waals surface area contributed by atoms with E-state index < -0.39 is 17.2 Å². The number of benzene rings is 1. The van der Waals surface area contributed by atoms with E-state index in [1.54, 1.807) is 11.8 Å². The number of amides is 1. The summed E-state index contributed by atoms with van der Waals surface area (Å²) in [5.41, 5.74) is 1.72. The van der Waals surface area contributed by atoms with Gasteiger partial charge in [-0.3, -0.25) is 14.6 Å². The van der Waals surface area contributed by atoms with Crippen molar-refractivity contribution in [3.8, 4) is 0 Å². The molecule has 0 unspecified atom stereocenters. The van der Waals surface area contributed by atoms with E-state index in [9.17, 15) is 14.4 Å². The number of nitrogens with one attached hydrogen (secondary N) is 4. The lowest BCUT2D eigenvalue weighted by molar-refractivity contribution is -0.119. The summed E-state index contributed by atoms with van der Waals surface area (Å²) >= 11 is 1.63. The first-order valence-corrected chi connectivity index (χ1v) is 7.70. The Morgan fingerprint density at radius 1 is 1.35 bits per heavy atom. The molecule has 0 saturated heterocycles. The summed E-state index contributed by atoms with van der Waals surface area (Å²) in [4.78, 5) is 36.8. The molecule has 0 spiro atoms. The van der Waals surface area contributed by atoms with Gasteiger partial charge in [-0.15, -0.1) is 16.9 Å². The predicted molar refractivity (Wildman–Crippen MR) is 87.9 cm³/mol. The second kappa shape index (κ2) is 7.94. The number of anilines is 1. The Morgan fingerprint density at radius 2 is 2.09 bits per heavy atom. The summed E-state index contributed by atoms with van der Waals surface area (Å²) in [5.74, 6) is -0.620. The highest BCUT2D eigenvalue weighted by molar-refractivity contribution is 7.98. The highest BCUT2D eigenvalue weighted by Gasteiger charge is 2.04. The largest absolute Gasteiger partial charge is 0.355 e. The van der Waals surface area contributed by atoms with E-state index in [-0.39, 0.29) is 12.4 Å². The second-order valence-electron chi connectivity index (χ2n) is 4.28. The topological polar surface area (TPSA) is 132 Å². The number of aromatic amines is 2. The van der Waals surface area contributed by atoms with E-state index in [4.69, 9.17) is 0 Å². The zero-order valence-corrected chi connectivity index (χ0v) is 12.9. The van der Waals surface area contributed by atoms with Gasteiger partial charge < -0.3 is 5.32 Å². The molecule has 9 nitrogen and oxygen atoms in total. The fourth-order valence-corrected chi connectivity index (χ4v) is 1.95. The van der Waals surface area contributed by atoms with E-state index >= 15 is 0 Å². The molecule has 10 heteroatoms. The maximum Gasteiger partial charge on any atom is 0.342 e. The van der Waals surface area contributed by atoms with Crippen LogP contribution < -0.4 is 22.0 Å². The fourth-order valence-electron chi connectivity index (χ4n) is 1.54. The third-order valence-corrected chi connectivity index (χ3v) is 3.39. The van der Waals surface area contributed by atoms with Gasteiger partial charge in [0, 0.05) is 4.90 Å². The molecule has 0 aliphatic heterocycles. The molecule has 120 valence electrons. The minimum absolute atomic E-state index is 0.156. The van der Waals surface area contributed by atoms with Crippen molar-refractivity contribution in [2.75, 3.05) is 18.1 Å². The molecule has 0 fully saturated rings. The van der Waals surface area contributed by atoms with Crippen molar-refractivity contribution in [1.82, 2.24) is 20.6 Å². The smallest absolute Gasteiger partial charge is 0.342 e. The maximum absolute atomic E-state index is 11.6. The summed E-state index contributed by atoms with van der Waals surface area (Å²) in [6.45, 7) is -0.217. The Kier molecular flexibility index (Phi) is 5.69. The summed E-state index contributed by atoms with van der Waals surface area (Å²) in [6, 6.07) is 7.65. The zero-order valence-electron chi connectivity index (χ0n) is 12.1. The summed E-state index contributed by atoms with van der Waals surface area (Å²) in [5, 5.41) is 11.8. The summed E-state index contributed by atoms with van der Waals surface area (Å²) in [7, 11) is 0. The lowest BCUT2D eigenvalue weighted by atomic mass is 10.2. The molecule has 0 bridgehead atoms. The van der Waals surface area contributed by atoms with E-state index in [0.717, 1.165) is 10.5 Å². The third kappa shape index (κ3) is 5.11. The van der Waals surface area contributed by atoms with Crippen LogP contribution in [-0.2, 0) is 4.79 Å². The number of carbonyl (C=O) groups is 1. The number of nitrogens with zero attached hydrogens (tertiary/aromatic N) is 2. The van der Waals surface area contributed by atoms with Gasteiger partial charge in [-0.25, -0.2) is 15.3 Å². The van der Waals surface area contributed by atoms with Crippen LogP contribution in [0.5, 0.6) is 0 Å². The lowest BCUT2D eigenvalue weighted by Gasteiger charge is -2.02. The van der Waals surface area contributed by atoms with Gasteiger partial charge in [0.15, 0.2) is 0 Å². The summed E-state index contributed by atoms with van der Waals surface area (Å²) < 4.78 is 0. The average molecular weight is 334 g/mol. The van der Waals surface area contributed by atoms with Crippen molar-refractivity contribution in [2.24, 2.45) is 5.10 Å². The molecule has 0 radical (unpaired) electrons. The number of hydrogen-bond acceptors (Lipinski definition) is 7. The maximum atomic E-state index is 11.6. The van der Waals surface area contributed by atoms with Crippen molar-refractivity contribution in [3.63, 3.8) is 0 Å². The number of carbonyl (C=O) groups excluding carboxylic acids is 1. The number of hydrogen-bond donors (Lipinski definition) is 4. The molecule has 23 heavy (non-hydrogen) atoms. The highest BCUT2D eigenvalue weighted by atomic mass is 32.2. The normalized spacial score (nSPS) is 10.7. The quantitative estimate of drug-likeness (QED) is 0.327. The Bertz CT molecular complexity index is 811. The van der Waals surface area contributed by atoms with Crippen molar-refractivity contribution < 1.29 is 4.79 Å². The van der Waals surface area contributed by atoms with E-state index in [1.807, 2.05) is 35.5 Å². The number of rotatable bonds is 6. The molecule has 2 aromatic rings. The van der Waals surface area contributed by atoms with Gasteiger partial charge in [-0.05, 0) is 24.0 Å². The molecule has 1 amide bonds. The van der Waals surface area contributed by atoms with Gasteiger partial charge in [-0.2, -0.15) is 5.10 Å². The van der Waals surface area contributed by atoms with Crippen LogP contribution in [0.25, 0.3) is 0 Å².